The Bertz CT molecular complexity index is 368. The van der Waals surface area contributed by atoms with Gasteiger partial charge in [0.1, 0.15) is 11.6 Å². The highest BCUT2D eigenvalue weighted by atomic mass is 35.5. The second kappa shape index (κ2) is 8.83. The molecular formula is C12H17ClF2N2O. The summed E-state index contributed by atoms with van der Waals surface area (Å²) in [5, 5.41) is 5.61. The first-order valence-electron chi connectivity index (χ1n) is 5.55. The quantitative estimate of drug-likeness (QED) is 0.777. The first-order chi connectivity index (χ1) is 8.15. The third-order valence-electron chi connectivity index (χ3n) is 2.27. The molecule has 1 aromatic rings. The van der Waals surface area contributed by atoms with E-state index in [4.69, 9.17) is 0 Å². The highest BCUT2D eigenvalue weighted by Crippen LogP contribution is 2.12. The third kappa shape index (κ3) is 5.42. The number of hydrogen-bond donors (Lipinski definition) is 2. The Morgan fingerprint density at radius 2 is 1.83 bits per heavy atom. The van der Waals surface area contributed by atoms with Crippen molar-refractivity contribution in [3.8, 4) is 0 Å². The van der Waals surface area contributed by atoms with E-state index in [1.807, 2.05) is 6.92 Å². The predicted octanol–water partition coefficient (Wildman–Crippen LogP) is 1.65. The molecule has 0 bridgehead atoms. The predicted molar refractivity (Wildman–Crippen MR) is 68.9 cm³/mol. The van der Waals surface area contributed by atoms with Gasteiger partial charge >= 0.3 is 0 Å². The maximum Gasteiger partial charge on any atom is 0.224 e. The Kier molecular flexibility index (Phi) is 8.24. The molecule has 1 aromatic carbocycles. The van der Waals surface area contributed by atoms with Crippen molar-refractivity contribution >= 4 is 18.3 Å². The maximum atomic E-state index is 13.2. The molecule has 0 saturated heterocycles. The number of carbonyl (C=O) groups excluding carboxylic acids is 1. The fourth-order valence-corrected chi connectivity index (χ4v) is 1.39. The minimum absolute atomic E-state index is 0. The lowest BCUT2D eigenvalue weighted by molar-refractivity contribution is -0.120. The zero-order valence-corrected chi connectivity index (χ0v) is 10.9. The largest absolute Gasteiger partial charge is 0.355 e. The van der Waals surface area contributed by atoms with Gasteiger partial charge in [-0.3, -0.25) is 4.79 Å². The zero-order valence-electron chi connectivity index (χ0n) is 10.1. The van der Waals surface area contributed by atoms with Crippen molar-refractivity contribution in [2.24, 2.45) is 0 Å². The molecule has 0 aliphatic heterocycles. The topological polar surface area (TPSA) is 41.1 Å². The molecule has 0 aromatic heterocycles. The van der Waals surface area contributed by atoms with Gasteiger partial charge in [-0.2, -0.15) is 0 Å². The molecule has 0 fully saturated rings. The lowest BCUT2D eigenvalue weighted by Gasteiger charge is -2.07. The standard InChI is InChI=1S/C12H16F2N2O.ClH/c1-2-15-6-7-16-12(17)8-9-10(13)4-3-5-11(9)14;/h3-5,15H,2,6-8H2,1H3,(H,16,17);1H. The summed E-state index contributed by atoms with van der Waals surface area (Å²) in [5.41, 5.74) is -0.187. The molecular weight excluding hydrogens is 262 g/mol. The summed E-state index contributed by atoms with van der Waals surface area (Å²) in [6.45, 7) is 3.86. The number of hydrogen-bond acceptors (Lipinski definition) is 2. The van der Waals surface area contributed by atoms with Crippen LogP contribution in [0.3, 0.4) is 0 Å². The van der Waals surface area contributed by atoms with Crippen molar-refractivity contribution in [2.75, 3.05) is 19.6 Å². The van der Waals surface area contributed by atoms with Crippen LogP contribution in [0.5, 0.6) is 0 Å². The highest BCUT2D eigenvalue weighted by Gasteiger charge is 2.12. The molecule has 1 rings (SSSR count). The minimum Gasteiger partial charge on any atom is -0.355 e. The summed E-state index contributed by atoms with van der Waals surface area (Å²) in [7, 11) is 0. The van der Waals surface area contributed by atoms with Gasteiger partial charge in [-0.1, -0.05) is 13.0 Å². The number of benzene rings is 1. The first-order valence-corrected chi connectivity index (χ1v) is 5.55. The average molecular weight is 279 g/mol. The van der Waals surface area contributed by atoms with Crippen molar-refractivity contribution in [3.63, 3.8) is 0 Å². The molecule has 0 radical (unpaired) electrons. The van der Waals surface area contributed by atoms with Crippen LogP contribution in [0, 0.1) is 11.6 Å². The van der Waals surface area contributed by atoms with Crippen LogP contribution in [0.1, 0.15) is 12.5 Å². The van der Waals surface area contributed by atoms with Gasteiger partial charge in [-0.05, 0) is 18.7 Å². The SMILES string of the molecule is CCNCCNC(=O)Cc1c(F)cccc1F.Cl. The van der Waals surface area contributed by atoms with Crippen LogP contribution in [0.15, 0.2) is 18.2 Å². The molecule has 0 saturated carbocycles. The van der Waals surface area contributed by atoms with Crippen LogP contribution < -0.4 is 10.6 Å². The molecule has 1 amide bonds. The zero-order chi connectivity index (χ0) is 12.7. The van der Waals surface area contributed by atoms with Crippen LogP contribution >= 0.6 is 12.4 Å². The van der Waals surface area contributed by atoms with Crippen LogP contribution in [-0.4, -0.2) is 25.5 Å². The van der Waals surface area contributed by atoms with E-state index in [1.165, 1.54) is 6.07 Å². The van der Waals surface area contributed by atoms with E-state index in [0.29, 0.717) is 13.1 Å². The lowest BCUT2D eigenvalue weighted by atomic mass is 10.1. The second-order valence-electron chi connectivity index (χ2n) is 3.58. The molecule has 0 heterocycles. The number of amides is 1. The molecule has 102 valence electrons. The van der Waals surface area contributed by atoms with Crippen molar-refractivity contribution in [2.45, 2.75) is 13.3 Å². The summed E-state index contributed by atoms with van der Waals surface area (Å²) in [6.07, 6.45) is -0.273. The molecule has 0 spiro atoms. The minimum atomic E-state index is -0.688. The third-order valence-corrected chi connectivity index (χ3v) is 2.27. The van der Waals surface area contributed by atoms with Gasteiger partial charge in [0.25, 0.3) is 0 Å². The van der Waals surface area contributed by atoms with Gasteiger partial charge in [0.2, 0.25) is 5.91 Å². The summed E-state index contributed by atoms with van der Waals surface area (Å²) in [4.78, 5) is 11.4. The number of likely N-dealkylation sites (N-methyl/N-ethyl adjacent to an activating group) is 1. The normalized spacial score (nSPS) is 9.72. The van der Waals surface area contributed by atoms with E-state index >= 15 is 0 Å². The summed E-state index contributed by atoms with van der Waals surface area (Å²) in [6, 6.07) is 3.56. The van der Waals surface area contributed by atoms with E-state index in [-0.39, 0.29) is 30.3 Å². The smallest absolute Gasteiger partial charge is 0.224 e. The first kappa shape index (κ1) is 16.8. The van der Waals surface area contributed by atoms with E-state index in [1.54, 1.807) is 0 Å². The summed E-state index contributed by atoms with van der Waals surface area (Å²) >= 11 is 0. The number of carbonyl (C=O) groups is 1. The molecule has 3 nitrogen and oxygen atoms in total. The second-order valence-corrected chi connectivity index (χ2v) is 3.58. The van der Waals surface area contributed by atoms with Crippen LogP contribution in [0.2, 0.25) is 0 Å². The van der Waals surface area contributed by atoms with Crippen molar-refractivity contribution in [3.05, 3.63) is 35.4 Å². The highest BCUT2D eigenvalue weighted by molar-refractivity contribution is 5.85. The van der Waals surface area contributed by atoms with E-state index in [0.717, 1.165) is 18.7 Å². The van der Waals surface area contributed by atoms with E-state index in [2.05, 4.69) is 10.6 Å². The number of rotatable bonds is 6. The van der Waals surface area contributed by atoms with E-state index in [9.17, 15) is 13.6 Å². The van der Waals surface area contributed by atoms with Gasteiger partial charge in [-0.15, -0.1) is 12.4 Å². The molecule has 0 aliphatic carbocycles. The van der Waals surface area contributed by atoms with Crippen molar-refractivity contribution in [1.29, 1.82) is 0 Å². The number of halogens is 3. The van der Waals surface area contributed by atoms with Crippen LogP contribution in [-0.2, 0) is 11.2 Å². The van der Waals surface area contributed by atoms with E-state index < -0.39 is 11.6 Å². The average Bonchev–Trinajstić information content (AvgIpc) is 2.30. The Labute approximate surface area is 111 Å². The molecule has 2 N–H and O–H groups in total. The molecule has 6 heteroatoms. The molecule has 0 atom stereocenters. The Balaban J connectivity index is 0.00000289. The summed E-state index contributed by atoms with van der Waals surface area (Å²) in [5.74, 6) is -1.76. The summed E-state index contributed by atoms with van der Waals surface area (Å²) < 4.78 is 26.4. The maximum absolute atomic E-state index is 13.2. The Hall–Kier alpha value is -1.20. The van der Waals surface area contributed by atoms with Gasteiger partial charge in [0.15, 0.2) is 0 Å². The fourth-order valence-electron chi connectivity index (χ4n) is 1.39. The molecule has 0 unspecified atom stereocenters. The lowest BCUT2D eigenvalue weighted by Crippen LogP contribution is -2.33. The molecule has 18 heavy (non-hydrogen) atoms. The van der Waals surface area contributed by atoms with Crippen molar-refractivity contribution in [1.82, 2.24) is 10.6 Å². The van der Waals surface area contributed by atoms with Crippen molar-refractivity contribution < 1.29 is 13.6 Å². The van der Waals surface area contributed by atoms with Gasteiger partial charge < -0.3 is 10.6 Å². The molecule has 0 aliphatic rings. The fraction of sp³-hybridized carbons (Fsp3) is 0.417. The number of nitrogens with one attached hydrogen (secondary N) is 2. The van der Waals surface area contributed by atoms with Crippen LogP contribution in [0.4, 0.5) is 8.78 Å². The monoisotopic (exact) mass is 278 g/mol. The van der Waals surface area contributed by atoms with Gasteiger partial charge in [0.05, 0.1) is 6.42 Å². The van der Waals surface area contributed by atoms with Crippen LogP contribution in [0.25, 0.3) is 0 Å². The van der Waals surface area contributed by atoms with Gasteiger partial charge in [-0.25, -0.2) is 8.78 Å². The Morgan fingerprint density at radius 3 is 2.39 bits per heavy atom. The Morgan fingerprint density at radius 1 is 1.22 bits per heavy atom. The van der Waals surface area contributed by atoms with Gasteiger partial charge in [0, 0.05) is 18.7 Å².